The average molecular weight is 271 g/mol. The fraction of sp³-hybridized carbons (Fsp3) is 0.467. The topological polar surface area (TPSA) is 3.24 Å². The van der Waals surface area contributed by atoms with Gasteiger partial charge in [0, 0.05) is 19.6 Å². The Morgan fingerprint density at radius 2 is 1.79 bits per heavy atom. The largest absolute Gasteiger partial charge is 0.416 e. The van der Waals surface area contributed by atoms with Crippen LogP contribution in [0.25, 0.3) is 0 Å². The van der Waals surface area contributed by atoms with E-state index in [0.29, 0.717) is 12.5 Å². The third-order valence-electron chi connectivity index (χ3n) is 2.70. The molecular weight excluding hydrogens is 251 g/mol. The molecule has 1 rings (SSSR count). The summed E-state index contributed by atoms with van der Waals surface area (Å²) in [7, 11) is 0. The van der Waals surface area contributed by atoms with Crippen molar-refractivity contribution < 1.29 is 13.2 Å². The molecule has 1 aromatic carbocycles. The molecule has 0 aromatic heterocycles. The molecule has 0 bridgehead atoms. The molecule has 0 aliphatic carbocycles. The van der Waals surface area contributed by atoms with Crippen molar-refractivity contribution in [1.82, 2.24) is 4.90 Å². The van der Waals surface area contributed by atoms with Crippen molar-refractivity contribution >= 4 is 0 Å². The molecule has 0 radical (unpaired) electrons. The number of rotatable bonds is 6. The Morgan fingerprint density at radius 1 is 1.21 bits per heavy atom. The van der Waals surface area contributed by atoms with E-state index in [4.69, 9.17) is 0 Å². The highest BCUT2D eigenvalue weighted by Crippen LogP contribution is 2.29. The first kappa shape index (κ1) is 15.8. The van der Waals surface area contributed by atoms with Crippen LogP contribution in [0.4, 0.5) is 13.2 Å². The van der Waals surface area contributed by atoms with Gasteiger partial charge in [0.25, 0.3) is 0 Å². The standard InChI is InChI=1S/C15H20F3N/c1-4-9-19(10-12(2)3)11-13-5-7-14(8-6-13)15(16,17)18/h4-8,12H,1,9-11H2,2-3H3. The van der Waals surface area contributed by atoms with Crippen LogP contribution >= 0.6 is 0 Å². The molecule has 0 atom stereocenters. The Bertz CT molecular complexity index is 393. The van der Waals surface area contributed by atoms with Crippen LogP contribution < -0.4 is 0 Å². The minimum absolute atomic E-state index is 0.509. The average Bonchev–Trinajstić information content (AvgIpc) is 2.28. The number of benzene rings is 1. The predicted molar refractivity (Wildman–Crippen MR) is 71.8 cm³/mol. The SMILES string of the molecule is C=CCN(Cc1ccc(C(F)(F)F)cc1)CC(C)C. The fourth-order valence-electron chi connectivity index (χ4n) is 1.96. The number of hydrogen-bond acceptors (Lipinski definition) is 1. The molecule has 0 aliphatic heterocycles. The van der Waals surface area contributed by atoms with E-state index in [9.17, 15) is 13.2 Å². The Labute approximate surface area is 112 Å². The second-order valence-electron chi connectivity index (χ2n) is 5.07. The van der Waals surface area contributed by atoms with Gasteiger partial charge in [-0.2, -0.15) is 13.2 Å². The molecule has 0 unspecified atom stereocenters. The van der Waals surface area contributed by atoms with E-state index in [1.807, 2.05) is 6.08 Å². The van der Waals surface area contributed by atoms with Crippen molar-refractivity contribution in [3.05, 3.63) is 48.0 Å². The van der Waals surface area contributed by atoms with Gasteiger partial charge in [0.15, 0.2) is 0 Å². The summed E-state index contributed by atoms with van der Waals surface area (Å²) in [5.74, 6) is 0.509. The normalized spacial score (nSPS) is 12.2. The van der Waals surface area contributed by atoms with Crippen LogP contribution in [0.2, 0.25) is 0 Å². The minimum atomic E-state index is -4.27. The number of halogens is 3. The summed E-state index contributed by atoms with van der Waals surface area (Å²) in [6.07, 6.45) is -2.45. The molecule has 1 nitrogen and oxygen atoms in total. The summed E-state index contributed by atoms with van der Waals surface area (Å²) in [6.45, 7) is 10.2. The first-order chi connectivity index (χ1) is 8.82. The van der Waals surface area contributed by atoms with Gasteiger partial charge in [0.2, 0.25) is 0 Å². The Balaban J connectivity index is 2.72. The quantitative estimate of drug-likeness (QED) is 0.695. The van der Waals surface area contributed by atoms with Crippen molar-refractivity contribution in [3.8, 4) is 0 Å². The minimum Gasteiger partial charge on any atom is -0.295 e. The van der Waals surface area contributed by atoms with E-state index in [0.717, 1.165) is 30.8 Å². The second kappa shape index (κ2) is 6.75. The first-order valence-electron chi connectivity index (χ1n) is 6.32. The number of hydrogen-bond donors (Lipinski definition) is 0. The van der Waals surface area contributed by atoms with Crippen LogP contribution in [0.5, 0.6) is 0 Å². The maximum atomic E-state index is 12.5. The van der Waals surface area contributed by atoms with Crippen molar-refractivity contribution in [2.45, 2.75) is 26.6 Å². The van der Waals surface area contributed by atoms with Crippen LogP contribution in [-0.4, -0.2) is 18.0 Å². The van der Waals surface area contributed by atoms with Crippen molar-refractivity contribution in [3.63, 3.8) is 0 Å². The molecule has 106 valence electrons. The predicted octanol–water partition coefficient (Wildman–Crippen LogP) is 4.35. The Kier molecular flexibility index (Phi) is 5.60. The van der Waals surface area contributed by atoms with E-state index >= 15 is 0 Å². The van der Waals surface area contributed by atoms with Crippen LogP contribution in [0, 0.1) is 5.92 Å². The summed E-state index contributed by atoms with van der Waals surface area (Å²) in [5.41, 5.74) is 0.283. The van der Waals surface area contributed by atoms with E-state index in [-0.39, 0.29) is 0 Å². The van der Waals surface area contributed by atoms with Gasteiger partial charge in [-0.3, -0.25) is 4.90 Å². The van der Waals surface area contributed by atoms with Crippen LogP contribution in [-0.2, 0) is 12.7 Å². The highest BCUT2D eigenvalue weighted by Gasteiger charge is 2.29. The van der Waals surface area contributed by atoms with Crippen molar-refractivity contribution in [1.29, 1.82) is 0 Å². The molecule has 0 aliphatic rings. The zero-order valence-electron chi connectivity index (χ0n) is 11.4. The Morgan fingerprint density at radius 3 is 2.21 bits per heavy atom. The lowest BCUT2D eigenvalue weighted by Crippen LogP contribution is -2.27. The van der Waals surface area contributed by atoms with Gasteiger partial charge < -0.3 is 0 Å². The zero-order chi connectivity index (χ0) is 14.5. The van der Waals surface area contributed by atoms with Crippen molar-refractivity contribution in [2.75, 3.05) is 13.1 Å². The maximum absolute atomic E-state index is 12.5. The number of alkyl halides is 3. The molecule has 0 fully saturated rings. The monoisotopic (exact) mass is 271 g/mol. The van der Waals surface area contributed by atoms with Gasteiger partial charge in [-0.15, -0.1) is 6.58 Å². The first-order valence-corrected chi connectivity index (χ1v) is 6.32. The van der Waals surface area contributed by atoms with Crippen LogP contribution in [0.15, 0.2) is 36.9 Å². The van der Waals surface area contributed by atoms with Crippen LogP contribution in [0.1, 0.15) is 25.0 Å². The van der Waals surface area contributed by atoms with Gasteiger partial charge in [0.05, 0.1) is 5.56 Å². The molecule has 19 heavy (non-hydrogen) atoms. The number of nitrogens with zero attached hydrogens (tertiary/aromatic N) is 1. The van der Waals surface area contributed by atoms with E-state index < -0.39 is 11.7 Å². The summed E-state index contributed by atoms with van der Waals surface area (Å²) in [4.78, 5) is 2.17. The summed E-state index contributed by atoms with van der Waals surface area (Å²) >= 11 is 0. The summed E-state index contributed by atoms with van der Waals surface area (Å²) in [5, 5.41) is 0. The summed E-state index contributed by atoms with van der Waals surface area (Å²) in [6, 6.07) is 5.35. The van der Waals surface area contributed by atoms with Crippen molar-refractivity contribution in [2.24, 2.45) is 5.92 Å². The molecule has 0 saturated carbocycles. The van der Waals surface area contributed by atoms with E-state index in [1.54, 1.807) is 12.1 Å². The molecular formula is C15H20F3N. The Hall–Kier alpha value is -1.29. The van der Waals surface area contributed by atoms with Gasteiger partial charge in [-0.25, -0.2) is 0 Å². The van der Waals surface area contributed by atoms with Crippen LogP contribution in [0.3, 0.4) is 0 Å². The fourth-order valence-corrected chi connectivity index (χ4v) is 1.96. The third kappa shape index (κ3) is 5.47. The molecule has 4 heteroatoms. The smallest absolute Gasteiger partial charge is 0.295 e. The molecule has 0 amide bonds. The lowest BCUT2D eigenvalue weighted by molar-refractivity contribution is -0.137. The molecule has 0 saturated heterocycles. The third-order valence-corrected chi connectivity index (χ3v) is 2.70. The maximum Gasteiger partial charge on any atom is 0.416 e. The molecule has 0 spiro atoms. The van der Waals surface area contributed by atoms with E-state index in [2.05, 4.69) is 25.3 Å². The highest BCUT2D eigenvalue weighted by atomic mass is 19.4. The van der Waals surface area contributed by atoms with Gasteiger partial charge in [-0.05, 0) is 23.6 Å². The lowest BCUT2D eigenvalue weighted by Gasteiger charge is -2.23. The van der Waals surface area contributed by atoms with E-state index in [1.165, 1.54) is 0 Å². The highest BCUT2D eigenvalue weighted by molar-refractivity contribution is 5.24. The van der Waals surface area contributed by atoms with Gasteiger partial charge in [0.1, 0.15) is 0 Å². The molecule has 0 N–H and O–H groups in total. The zero-order valence-corrected chi connectivity index (χ0v) is 11.4. The molecule has 1 aromatic rings. The van der Waals surface area contributed by atoms with Gasteiger partial charge in [-0.1, -0.05) is 32.1 Å². The summed E-state index contributed by atoms with van der Waals surface area (Å²) < 4.78 is 37.4. The van der Waals surface area contributed by atoms with Gasteiger partial charge >= 0.3 is 6.18 Å². The second-order valence-corrected chi connectivity index (χ2v) is 5.07. The lowest BCUT2D eigenvalue weighted by atomic mass is 10.1. The molecule has 0 heterocycles.